The molecule has 1 aliphatic heterocycles. The maximum absolute atomic E-state index is 12.8. The molecule has 0 spiro atoms. The Labute approximate surface area is 184 Å². The molecule has 164 valence electrons. The normalized spacial score (nSPS) is 30.9. The number of nitrogens with two attached hydrogens (primary N) is 1. The molecule has 0 saturated heterocycles. The number of carbonyl (C=O) groups is 2. The number of rotatable bonds is 4. The number of benzene rings is 1. The molecule has 4 aliphatic carbocycles. The van der Waals surface area contributed by atoms with Crippen LogP contribution in [0, 0.1) is 17.8 Å². The maximum atomic E-state index is 12.8. The highest BCUT2D eigenvalue weighted by Gasteiger charge is 2.51. The molecule has 0 aromatic heterocycles. The fourth-order valence-corrected chi connectivity index (χ4v) is 6.88. The van der Waals surface area contributed by atoms with Crippen molar-refractivity contribution in [1.29, 1.82) is 0 Å². The summed E-state index contributed by atoms with van der Waals surface area (Å²) in [6.07, 6.45) is 9.63. The Morgan fingerprint density at radius 1 is 1.10 bits per heavy atom. The zero-order valence-corrected chi connectivity index (χ0v) is 18.3. The molecule has 1 aromatic rings. The van der Waals surface area contributed by atoms with Crippen LogP contribution in [-0.4, -0.2) is 30.6 Å². The lowest BCUT2D eigenvalue weighted by Crippen LogP contribution is -2.61. The summed E-state index contributed by atoms with van der Waals surface area (Å²) in [5, 5.41) is 6.25. The summed E-state index contributed by atoms with van der Waals surface area (Å²) in [5.41, 5.74) is 8.84. The summed E-state index contributed by atoms with van der Waals surface area (Å²) in [6, 6.07) is 5.65. The van der Waals surface area contributed by atoms with Crippen molar-refractivity contribution in [3.05, 3.63) is 23.8 Å². The van der Waals surface area contributed by atoms with Gasteiger partial charge in [-0.1, -0.05) is 6.07 Å². The van der Waals surface area contributed by atoms with Gasteiger partial charge in [-0.15, -0.1) is 12.4 Å². The van der Waals surface area contributed by atoms with E-state index in [-0.39, 0.29) is 29.9 Å². The first kappa shape index (κ1) is 21.3. The third-order valence-corrected chi connectivity index (χ3v) is 7.63. The van der Waals surface area contributed by atoms with E-state index in [2.05, 4.69) is 10.6 Å². The Morgan fingerprint density at radius 3 is 2.43 bits per heavy atom. The number of hydrogen-bond acceptors (Lipinski definition) is 3. The van der Waals surface area contributed by atoms with Crippen LogP contribution in [0.15, 0.2) is 18.2 Å². The molecule has 6 rings (SSSR count). The molecular weight excluding hydrogens is 400 g/mol. The Hall–Kier alpha value is -1.95. The maximum Gasteiger partial charge on any atom is 0.315 e. The van der Waals surface area contributed by atoms with Crippen LogP contribution in [0.25, 0.3) is 0 Å². The number of nitrogens with one attached hydrogen (secondary N) is 2. The minimum Gasteiger partial charge on any atom is -0.398 e. The predicted octanol–water partition coefficient (Wildman–Crippen LogP) is 3.63. The number of halogens is 1. The molecule has 4 bridgehead atoms. The Bertz CT molecular complexity index is 792. The van der Waals surface area contributed by atoms with E-state index in [4.69, 9.17) is 5.73 Å². The van der Waals surface area contributed by atoms with E-state index in [1.165, 1.54) is 19.3 Å². The average molecular weight is 433 g/mol. The van der Waals surface area contributed by atoms with Crippen molar-refractivity contribution in [2.45, 2.75) is 63.3 Å². The summed E-state index contributed by atoms with van der Waals surface area (Å²) >= 11 is 0. The molecule has 4 N–H and O–H groups in total. The van der Waals surface area contributed by atoms with Crippen molar-refractivity contribution >= 4 is 35.7 Å². The fourth-order valence-electron chi connectivity index (χ4n) is 6.88. The molecule has 0 atom stereocenters. The van der Waals surface area contributed by atoms with Gasteiger partial charge in [0.2, 0.25) is 5.91 Å². The van der Waals surface area contributed by atoms with Crippen molar-refractivity contribution in [2.75, 3.05) is 23.7 Å². The van der Waals surface area contributed by atoms with E-state index in [9.17, 15) is 9.59 Å². The summed E-state index contributed by atoms with van der Waals surface area (Å²) in [7, 11) is 0. The summed E-state index contributed by atoms with van der Waals surface area (Å²) in [5.74, 6) is 2.45. The van der Waals surface area contributed by atoms with E-state index >= 15 is 0 Å². The second-order valence-electron chi connectivity index (χ2n) is 9.82. The minimum absolute atomic E-state index is 0. The van der Waals surface area contributed by atoms with Gasteiger partial charge in [0.15, 0.2) is 0 Å². The number of fused-ring (bicyclic) bond motifs is 1. The van der Waals surface area contributed by atoms with Gasteiger partial charge < -0.3 is 21.3 Å². The van der Waals surface area contributed by atoms with Crippen molar-refractivity contribution < 1.29 is 9.59 Å². The number of urea groups is 1. The Balaban J connectivity index is 0.00000218. The quantitative estimate of drug-likeness (QED) is 0.635. The van der Waals surface area contributed by atoms with Gasteiger partial charge in [-0.3, -0.25) is 4.79 Å². The molecule has 0 unspecified atom stereocenters. The highest BCUT2D eigenvalue weighted by Crippen LogP contribution is 2.55. The molecule has 4 saturated carbocycles. The van der Waals surface area contributed by atoms with Crippen molar-refractivity contribution in [1.82, 2.24) is 10.6 Å². The number of anilines is 2. The zero-order valence-electron chi connectivity index (χ0n) is 17.5. The molecule has 30 heavy (non-hydrogen) atoms. The highest BCUT2D eigenvalue weighted by atomic mass is 35.5. The number of nitrogens with zero attached hydrogens (tertiary/aromatic N) is 1. The van der Waals surface area contributed by atoms with Gasteiger partial charge in [-0.05, 0) is 86.8 Å². The summed E-state index contributed by atoms with van der Waals surface area (Å²) in [6.45, 7) is 1.08. The fraction of sp³-hybridized carbons (Fsp3) is 0.652. The molecule has 7 heteroatoms. The lowest BCUT2D eigenvalue weighted by molar-refractivity contribution is -0.118. The van der Waals surface area contributed by atoms with Crippen LogP contribution in [0.2, 0.25) is 0 Å². The Morgan fingerprint density at radius 2 is 1.77 bits per heavy atom. The van der Waals surface area contributed by atoms with Crippen molar-refractivity contribution in [3.8, 4) is 0 Å². The van der Waals surface area contributed by atoms with Gasteiger partial charge in [0.25, 0.3) is 0 Å². The first-order valence-electron chi connectivity index (χ1n) is 11.2. The van der Waals surface area contributed by atoms with E-state index in [1.807, 2.05) is 23.1 Å². The van der Waals surface area contributed by atoms with Gasteiger partial charge in [-0.2, -0.15) is 0 Å². The summed E-state index contributed by atoms with van der Waals surface area (Å²) in [4.78, 5) is 27.2. The predicted molar refractivity (Wildman–Crippen MR) is 121 cm³/mol. The molecule has 1 aromatic carbocycles. The molecule has 5 aliphatic rings. The highest BCUT2D eigenvalue weighted by molar-refractivity contribution is 5.95. The van der Waals surface area contributed by atoms with Crippen LogP contribution in [0.5, 0.6) is 0 Å². The average Bonchev–Trinajstić information content (AvgIpc) is 2.66. The smallest absolute Gasteiger partial charge is 0.315 e. The third kappa shape index (κ3) is 3.98. The molecule has 1 heterocycles. The van der Waals surface area contributed by atoms with Crippen LogP contribution >= 0.6 is 12.4 Å². The summed E-state index contributed by atoms with van der Waals surface area (Å²) < 4.78 is 0. The van der Waals surface area contributed by atoms with Gasteiger partial charge in [0.05, 0.1) is 0 Å². The van der Waals surface area contributed by atoms with Crippen LogP contribution in [0.4, 0.5) is 16.2 Å². The Kier molecular flexibility index (Phi) is 5.88. The first-order chi connectivity index (χ1) is 14.0. The van der Waals surface area contributed by atoms with E-state index in [0.29, 0.717) is 13.0 Å². The monoisotopic (exact) mass is 432 g/mol. The van der Waals surface area contributed by atoms with E-state index < -0.39 is 0 Å². The van der Waals surface area contributed by atoms with Gasteiger partial charge >= 0.3 is 6.03 Å². The number of nitrogen functional groups attached to an aromatic ring is 1. The SMILES string of the molecule is Cl.Nc1cccc2c1CCCN2C(=O)CCNC(=O)NC12CC3CC(CC(C3)C1)C2. The lowest BCUT2D eigenvalue weighted by atomic mass is 9.53. The van der Waals surface area contributed by atoms with Gasteiger partial charge in [-0.25, -0.2) is 4.79 Å². The molecule has 3 amide bonds. The standard InChI is InChI=1S/C23H32N4O2.ClH/c24-19-4-1-5-20-18(19)3-2-8-27(20)21(28)6-7-25-22(29)26-23-12-15-9-16(13-23)11-17(10-15)14-23;/h1,4-5,15-17H,2-3,6-14,24H2,(H2,25,26,29);1H. The first-order valence-corrected chi connectivity index (χ1v) is 11.2. The number of carbonyl (C=O) groups excluding carboxylic acids is 2. The number of hydrogen-bond donors (Lipinski definition) is 3. The third-order valence-electron chi connectivity index (χ3n) is 7.63. The number of amides is 3. The van der Waals surface area contributed by atoms with E-state index in [1.54, 1.807) is 0 Å². The van der Waals surface area contributed by atoms with Crippen molar-refractivity contribution in [2.24, 2.45) is 17.8 Å². The zero-order chi connectivity index (χ0) is 20.0. The lowest BCUT2D eigenvalue weighted by Gasteiger charge is -2.56. The van der Waals surface area contributed by atoms with Gasteiger partial charge in [0, 0.05) is 36.4 Å². The van der Waals surface area contributed by atoms with Crippen molar-refractivity contribution in [3.63, 3.8) is 0 Å². The largest absolute Gasteiger partial charge is 0.398 e. The van der Waals surface area contributed by atoms with Crippen LogP contribution in [-0.2, 0) is 11.2 Å². The second-order valence-corrected chi connectivity index (χ2v) is 9.82. The minimum atomic E-state index is -0.108. The van der Waals surface area contributed by atoms with Crippen LogP contribution in [0.1, 0.15) is 56.9 Å². The van der Waals surface area contributed by atoms with Gasteiger partial charge in [0.1, 0.15) is 0 Å². The van der Waals surface area contributed by atoms with Crippen LogP contribution < -0.4 is 21.3 Å². The molecule has 6 nitrogen and oxygen atoms in total. The van der Waals surface area contributed by atoms with E-state index in [0.717, 1.165) is 73.3 Å². The topological polar surface area (TPSA) is 87.5 Å². The molecule has 4 fully saturated rings. The molecular formula is C23H33ClN4O2. The van der Waals surface area contributed by atoms with Crippen LogP contribution in [0.3, 0.4) is 0 Å². The second kappa shape index (κ2) is 8.29. The molecule has 0 radical (unpaired) electrons.